The van der Waals surface area contributed by atoms with Crippen molar-refractivity contribution in [3.05, 3.63) is 34.3 Å². The van der Waals surface area contributed by atoms with E-state index >= 15 is 0 Å². The van der Waals surface area contributed by atoms with Crippen LogP contribution in [0.4, 0.5) is 0 Å². The number of hydrogen-bond acceptors (Lipinski definition) is 3. The van der Waals surface area contributed by atoms with Crippen molar-refractivity contribution in [2.45, 2.75) is 13.0 Å². The Morgan fingerprint density at radius 3 is 2.89 bits per heavy atom. The SMILES string of the molecule is COCC(C)NC(=O)c1ccc(C#CCO)c(Cl)c1. The molecule has 0 radical (unpaired) electrons. The summed E-state index contributed by atoms with van der Waals surface area (Å²) in [6, 6.07) is 4.77. The highest BCUT2D eigenvalue weighted by Gasteiger charge is 2.10. The van der Waals surface area contributed by atoms with E-state index in [0.717, 1.165) is 0 Å². The first-order valence-electron chi connectivity index (χ1n) is 5.77. The Kier molecular flexibility index (Phi) is 6.37. The monoisotopic (exact) mass is 281 g/mol. The van der Waals surface area contributed by atoms with Gasteiger partial charge in [0.25, 0.3) is 5.91 Å². The molecular weight excluding hydrogens is 266 g/mol. The lowest BCUT2D eigenvalue weighted by Gasteiger charge is -2.12. The van der Waals surface area contributed by atoms with Crippen LogP contribution in [0.25, 0.3) is 0 Å². The van der Waals surface area contributed by atoms with Crippen molar-refractivity contribution in [2.24, 2.45) is 0 Å². The molecule has 2 N–H and O–H groups in total. The van der Waals surface area contributed by atoms with Crippen LogP contribution in [0.1, 0.15) is 22.8 Å². The molecule has 0 aliphatic rings. The fourth-order valence-corrected chi connectivity index (χ4v) is 1.72. The van der Waals surface area contributed by atoms with E-state index in [2.05, 4.69) is 17.2 Å². The molecule has 0 fully saturated rings. The zero-order valence-electron chi connectivity index (χ0n) is 10.9. The molecule has 5 heteroatoms. The number of nitrogens with one attached hydrogen (secondary N) is 1. The highest BCUT2D eigenvalue weighted by atomic mass is 35.5. The molecule has 0 aliphatic heterocycles. The minimum atomic E-state index is -0.229. The molecule has 0 aliphatic carbocycles. The summed E-state index contributed by atoms with van der Waals surface area (Å²) >= 11 is 6.02. The van der Waals surface area contributed by atoms with Crippen LogP contribution >= 0.6 is 11.6 Å². The molecule has 0 saturated heterocycles. The van der Waals surface area contributed by atoms with Crippen molar-refractivity contribution in [1.82, 2.24) is 5.32 Å². The summed E-state index contributed by atoms with van der Waals surface area (Å²) in [5.41, 5.74) is 1.04. The Hall–Kier alpha value is -1.54. The first-order chi connectivity index (χ1) is 9.08. The zero-order valence-corrected chi connectivity index (χ0v) is 11.6. The van der Waals surface area contributed by atoms with Gasteiger partial charge in [-0.3, -0.25) is 4.79 Å². The fourth-order valence-electron chi connectivity index (χ4n) is 1.49. The molecule has 1 rings (SSSR count). The summed E-state index contributed by atoms with van der Waals surface area (Å²) < 4.78 is 4.94. The van der Waals surface area contributed by atoms with Gasteiger partial charge in [-0.1, -0.05) is 23.4 Å². The largest absolute Gasteiger partial charge is 0.384 e. The third-order valence-corrected chi connectivity index (χ3v) is 2.64. The first-order valence-corrected chi connectivity index (χ1v) is 6.15. The summed E-state index contributed by atoms with van der Waals surface area (Å²) in [6.07, 6.45) is 0. The number of amides is 1. The van der Waals surface area contributed by atoms with Crippen molar-refractivity contribution in [3.8, 4) is 11.8 Å². The second-order valence-electron chi connectivity index (χ2n) is 3.98. The van der Waals surface area contributed by atoms with Crippen LogP contribution in [-0.4, -0.2) is 37.4 Å². The van der Waals surface area contributed by atoms with E-state index in [1.54, 1.807) is 25.3 Å². The number of aliphatic hydroxyl groups excluding tert-OH is 1. The van der Waals surface area contributed by atoms with Crippen molar-refractivity contribution >= 4 is 17.5 Å². The number of aliphatic hydroxyl groups is 1. The lowest BCUT2D eigenvalue weighted by atomic mass is 10.1. The summed E-state index contributed by atoms with van der Waals surface area (Å²) in [5.74, 6) is 5.00. The molecule has 4 nitrogen and oxygen atoms in total. The van der Waals surface area contributed by atoms with Crippen molar-refractivity contribution < 1.29 is 14.6 Å². The van der Waals surface area contributed by atoms with Crippen molar-refractivity contribution in [2.75, 3.05) is 20.3 Å². The second-order valence-corrected chi connectivity index (χ2v) is 4.39. The van der Waals surface area contributed by atoms with Gasteiger partial charge in [-0.05, 0) is 25.1 Å². The van der Waals surface area contributed by atoms with Crippen LogP contribution in [0.5, 0.6) is 0 Å². The van der Waals surface area contributed by atoms with Crippen LogP contribution in [0.3, 0.4) is 0 Å². The van der Waals surface area contributed by atoms with E-state index in [-0.39, 0.29) is 18.6 Å². The van der Waals surface area contributed by atoms with Gasteiger partial charge in [-0.25, -0.2) is 0 Å². The van der Waals surface area contributed by atoms with Crippen LogP contribution < -0.4 is 5.32 Å². The van der Waals surface area contributed by atoms with Gasteiger partial charge in [0, 0.05) is 24.3 Å². The Labute approximate surface area is 117 Å². The second kappa shape index (κ2) is 7.80. The van der Waals surface area contributed by atoms with Gasteiger partial charge >= 0.3 is 0 Å². The summed E-state index contributed by atoms with van der Waals surface area (Å²) in [6.45, 7) is 2.07. The van der Waals surface area contributed by atoms with Gasteiger partial charge in [0.05, 0.1) is 11.6 Å². The Morgan fingerprint density at radius 2 is 2.32 bits per heavy atom. The molecule has 0 aromatic heterocycles. The number of hydrogen-bond donors (Lipinski definition) is 2. The number of ether oxygens (including phenoxy) is 1. The predicted octanol–water partition coefficient (Wildman–Crippen LogP) is 1.45. The molecule has 1 aromatic rings. The summed E-state index contributed by atoms with van der Waals surface area (Å²) in [7, 11) is 1.58. The first kappa shape index (κ1) is 15.5. The summed E-state index contributed by atoms with van der Waals surface area (Å²) in [4.78, 5) is 11.9. The average molecular weight is 282 g/mol. The Morgan fingerprint density at radius 1 is 1.58 bits per heavy atom. The number of halogens is 1. The fraction of sp³-hybridized carbons (Fsp3) is 0.357. The highest BCUT2D eigenvalue weighted by Crippen LogP contribution is 2.17. The van der Waals surface area contributed by atoms with Gasteiger partial charge in [-0.2, -0.15) is 0 Å². The minimum absolute atomic E-state index is 0.0786. The van der Waals surface area contributed by atoms with Crippen LogP contribution in [0, 0.1) is 11.8 Å². The van der Waals surface area contributed by atoms with Crippen LogP contribution in [0.2, 0.25) is 5.02 Å². The van der Waals surface area contributed by atoms with Crippen molar-refractivity contribution in [1.29, 1.82) is 0 Å². The van der Waals surface area contributed by atoms with Gasteiger partial charge in [0.15, 0.2) is 0 Å². The molecule has 0 spiro atoms. The molecule has 1 unspecified atom stereocenters. The van der Waals surface area contributed by atoms with E-state index in [1.165, 1.54) is 0 Å². The Bertz CT molecular complexity index is 505. The minimum Gasteiger partial charge on any atom is -0.384 e. The lowest BCUT2D eigenvalue weighted by molar-refractivity contribution is 0.0905. The van der Waals surface area contributed by atoms with E-state index in [0.29, 0.717) is 22.8 Å². The van der Waals surface area contributed by atoms with E-state index < -0.39 is 0 Å². The number of benzene rings is 1. The topological polar surface area (TPSA) is 58.6 Å². The molecule has 1 atom stereocenters. The number of rotatable bonds is 4. The maximum absolute atomic E-state index is 11.9. The molecule has 102 valence electrons. The quantitative estimate of drug-likeness (QED) is 0.821. The van der Waals surface area contributed by atoms with Crippen LogP contribution in [0.15, 0.2) is 18.2 Å². The van der Waals surface area contributed by atoms with E-state index in [9.17, 15) is 4.79 Å². The maximum Gasteiger partial charge on any atom is 0.251 e. The van der Waals surface area contributed by atoms with E-state index in [1.807, 2.05) is 6.92 Å². The van der Waals surface area contributed by atoms with Gasteiger partial charge < -0.3 is 15.2 Å². The third-order valence-electron chi connectivity index (χ3n) is 2.33. The van der Waals surface area contributed by atoms with Crippen LogP contribution in [-0.2, 0) is 4.74 Å². The van der Waals surface area contributed by atoms with Crippen molar-refractivity contribution in [3.63, 3.8) is 0 Å². The Balaban J connectivity index is 2.80. The average Bonchev–Trinajstić information content (AvgIpc) is 2.37. The van der Waals surface area contributed by atoms with Gasteiger partial charge in [-0.15, -0.1) is 0 Å². The van der Waals surface area contributed by atoms with Gasteiger partial charge in [0.2, 0.25) is 0 Å². The smallest absolute Gasteiger partial charge is 0.251 e. The lowest BCUT2D eigenvalue weighted by Crippen LogP contribution is -2.35. The van der Waals surface area contributed by atoms with E-state index in [4.69, 9.17) is 21.4 Å². The standard InChI is InChI=1S/C14H16ClNO3/c1-10(9-19-2)16-14(18)12-6-5-11(4-3-7-17)13(15)8-12/h5-6,8,10,17H,7,9H2,1-2H3,(H,16,18). The normalized spacial score (nSPS) is 11.4. The number of carbonyl (C=O) groups excluding carboxylic acids is 1. The maximum atomic E-state index is 11.9. The molecule has 0 bridgehead atoms. The highest BCUT2D eigenvalue weighted by molar-refractivity contribution is 6.32. The zero-order chi connectivity index (χ0) is 14.3. The number of methoxy groups -OCH3 is 1. The molecule has 0 heterocycles. The molecule has 19 heavy (non-hydrogen) atoms. The molecular formula is C14H16ClNO3. The number of carbonyl (C=O) groups is 1. The summed E-state index contributed by atoms with van der Waals surface area (Å²) in [5, 5.41) is 11.8. The van der Waals surface area contributed by atoms with Gasteiger partial charge in [0.1, 0.15) is 6.61 Å². The third kappa shape index (κ3) is 4.92. The molecule has 1 aromatic carbocycles. The molecule has 0 saturated carbocycles. The molecule has 1 amide bonds. The predicted molar refractivity (Wildman–Crippen MR) is 74.2 cm³/mol.